The van der Waals surface area contributed by atoms with Crippen LogP contribution in [-0.2, 0) is 24.5 Å². The molecule has 1 fully saturated rings. The number of nitrogens with one attached hydrogen (secondary N) is 1. The van der Waals surface area contributed by atoms with Gasteiger partial charge in [-0.15, -0.1) is 0 Å². The van der Waals surface area contributed by atoms with Crippen LogP contribution in [0.2, 0.25) is 0 Å². The molecular weight excluding hydrogens is 406 g/mol. The lowest BCUT2D eigenvalue weighted by Gasteiger charge is -2.34. The number of carbonyl (C=O) groups is 1. The molecular formula is C18H19NO7S2. The highest BCUT2D eigenvalue weighted by Gasteiger charge is 2.54. The highest BCUT2D eigenvalue weighted by Crippen LogP contribution is 2.37. The summed E-state index contributed by atoms with van der Waals surface area (Å²) >= 11 is 0. The maximum absolute atomic E-state index is 13.2. The maximum atomic E-state index is 13.2. The van der Waals surface area contributed by atoms with Crippen molar-refractivity contribution in [3.63, 3.8) is 0 Å². The lowest BCUT2D eigenvalue weighted by atomic mass is 10.0. The summed E-state index contributed by atoms with van der Waals surface area (Å²) in [5, 5.41) is 9.07. The lowest BCUT2D eigenvalue weighted by Crippen LogP contribution is -2.55. The summed E-state index contributed by atoms with van der Waals surface area (Å²) < 4.78 is 53.4. The summed E-state index contributed by atoms with van der Waals surface area (Å²) in [6.45, 7) is 0. The number of ether oxygens (including phenoxy) is 1. The zero-order valence-electron chi connectivity index (χ0n) is 14.7. The normalized spacial score (nSPS) is 18.2. The third kappa shape index (κ3) is 3.75. The smallest absolute Gasteiger partial charge is 0.265 e. The number of carbonyl (C=O) groups excluding carboxylic acids is 1. The molecule has 0 saturated carbocycles. The summed E-state index contributed by atoms with van der Waals surface area (Å²) in [7, 11) is -7.69. The van der Waals surface area contributed by atoms with E-state index in [-0.39, 0.29) is 4.90 Å². The highest BCUT2D eigenvalue weighted by atomic mass is 32.2. The standard InChI is InChI=1S/C18H19NO7S2/c20-17(19-21)18(10-12-27(22,23)13-11-18)28(24,25)16-8-6-15(7-9-16)26-14-4-2-1-3-5-14/h1-9,21H,10-13H2,(H,19,20). The Morgan fingerprint density at radius 1 is 0.964 bits per heavy atom. The van der Waals surface area contributed by atoms with Gasteiger partial charge in [-0.2, -0.15) is 0 Å². The van der Waals surface area contributed by atoms with Gasteiger partial charge in [0.15, 0.2) is 14.6 Å². The average molecular weight is 425 g/mol. The van der Waals surface area contributed by atoms with Gasteiger partial charge in [-0.25, -0.2) is 22.3 Å². The van der Waals surface area contributed by atoms with Gasteiger partial charge in [-0.3, -0.25) is 10.0 Å². The van der Waals surface area contributed by atoms with E-state index in [1.54, 1.807) is 24.3 Å². The van der Waals surface area contributed by atoms with Crippen molar-refractivity contribution in [2.45, 2.75) is 22.5 Å². The Bertz CT molecular complexity index is 1050. The van der Waals surface area contributed by atoms with Crippen molar-refractivity contribution >= 4 is 25.6 Å². The minimum atomic E-state index is -4.27. The van der Waals surface area contributed by atoms with Gasteiger partial charge in [0.2, 0.25) is 0 Å². The summed E-state index contributed by atoms with van der Waals surface area (Å²) in [6.07, 6.45) is -0.849. The molecule has 28 heavy (non-hydrogen) atoms. The van der Waals surface area contributed by atoms with Gasteiger partial charge in [-0.05, 0) is 49.2 Å². The molecule has 0 aliphatic carbocycles. The Morgan fingerprint density at radius 3 is 2.04 bits per heavy atom. The van der Waals surface area contributed by atoms with E-state index in [4.69, 9.17) is 9.94 Å². The third-order valence-corrected chi connectivity index (χ3v) is 8.94. The fourth-order valence-corrected chi connectivity index (χ4v) is 6.88. The first kappa shape index (κ1) is 20.3. The van der Waals surface area contributed by atoms with Crippen LogP contribution in [0.25, 0.3) is 0 Å². The van der Waals surface area contributed by atoms with Crippen LogP contribution in [0, 0.1) is 0 Å². The number of benzene rings is 2. The number of sulfone groups is 2. The monoisotopic (exact) mass is 425 g/mol. The third-order valence-electron chi connectivity index (χ3n) is 4.78. The highest BCUT2D eigenvalue weighted by molar-refractivity contribution is 7.94. The number of amides is 1. The molecule has 2 aromatic rings. The largest absolute Gasteiger partial charge is 0.457 e. The Labute approximate surface area is 162 Å². The second-order valence-corrected chi connectivity index (χ2v) is 11.0. The molecule has 8 nitrogen and oxygen atoms in total. The quantitative estimate of drug-likeness (QED) is 0.551. The summed E-state index contributed by atoms with van der Waals surface area (Å²) in [5.74, 6) is -1.06. The molecule has 0 radical (unpaired) electrons. The van der Waals surface area contributed by atoms with Crippen LogP contribution in [0.15, 0.2) is 59.5 Å². The number of para-hydroxylation sites is 1. The predicted octanol–water partition coefficient (Wildman–Crippen LogP) is 1.71. The van der Waals surface area contributed by atoms with Crippen molar-refractivity contribution < 1.29 is 31.6 Å². The number of rotatable bonds is 5. The molecule has 1 aliphatic heterocycles. The molecule has 1 amide bonds. The molecule has 3 rings (SSSR count). The Hall–Kier alpha value is -2.43. The van der Waals surface area contributed by atoms with Crippen LogP contribution in [0.3, 0.4) is 0 Å². The molecule has 1 heterocycles. The van der Waals surface area contributed by atoms with Crippen molar-refractivity contribution in [2.24, 2.45) is 0 Å². The second kappa shape index (κ2) is 7.53. The number of hydrogen-bond acceptors (Lipinski definition) is 7. The van der Waals surface area contributed by atoms with Crippen LogP contribution < -0.4 is 10.2 Å². The molecule has 0 unspecified atom stereocenters. The van der Waals surface area contributed by atoms with Crippen molar-refractivity contribution in [3.8, 4) is 11.5 Å². The van der Waals surface area contributed by atoms with Gasteiger partial charge >= 0.3 is 0 Å². The van der Waals surface area contributed by atoms with Gasteiger partial charge in [0.1, 0.15) is 21.3 Å². The van der Waals surface area contributed by atoms with Crippen LogP contribution in [0.4, 0.5) is 0 Å². The van der Waals surface area contributed by atoms with Gasteiger partial charge in [0, 0.05) is 0 Å². The number of hydrogen-bond donors (Lipinski definition) is 2. The molecule has 0 aromatic heterocycles. The van der Waals surface area contributed by atoms with Gasteiger partial charge in [0.25, 0.3) is 5.91 Å². The van der Waals surface area contributed by atoms with Crippen LogP contribution in [0.5, 0.6) is 11.5 Å². The van der Waals surface area contributed by atoms with E-state index >= 15 is 0 Å². The van der Waals surface area contributed by atoms with Gasteiger partial charge in [-0.1, -0.05) is 18.2 Å². The molecule has 10 heteroatoms. The second-order valence-electron chi connectivity index (χ2n) is 6.48. The van der Waals surface area contributed by atoms with Crippen LogP contribution >= 0.6 is 0 Å². The van der Waals surface area contributed by atoms with Crippen molar-refractivity contribution in [3.05, 3.63) is 54.6 Å². The topological polar surface area (TPSA) is 127 Å². The molecule has 0 atom stereocenters. The summed E-state index contributed by atoms with van der Waals surface area (Å²) in [4.78, 5) is 12.1. The Morgan fingerprint density at radius 2 is 1.50 bits per heavy atom. The molecule has 150 valence electrons. The fraction of sp³-hybridized carbons (Fsp3) is 0.278. The zero-order chi connectivity index (χ0) is 20.4. The van der Waals surface area contributed by atoms with Crippen molar-refractivity contribution in [1.82, 2.24) is 5.48 Å². The van der Waals surface area contributed by atoms with E-state index < -0.39 is 54.7 Å². The van der Waals surface area contributed by atoms with E-state index in [1.807, 2.05) is 6.07 Å². The van der Waals surface area contributed by atoms with Gasteiger partial charge in [0.05, 0.1) is 16.4 Å². The van der Waals surface area contributed by atoms with E-state index in [9.17, 15) is 21.6 Å². The van der Waals surface area contributed by atoms with Gasteiger partial charge < -0.3 is 4.74 Å². The molecule has 2 aromatic carbocycles. The first-order valence-corrected chi connectivity index (χ1v) is 11.7. The molecule has 0 spiro atoms. The first-order valence-electron chi connectivity index (χ1n) is 8.43. The van der Waals surface area contributed by atoms with Crippen molar-refractivity contribution in [2.75, 3.05) is 11.5 Å². The van der Waals surface area contributed by atoms with Crippen LogP contribution in [-0.4, -0.2) is 44.2 Å². The lowest BCUT2D eigenvalue weighted by molar-refractivity contribution is -0.132. The minimum Gasteiger partial charge on any atom is -0.457 e. The average Bonchev–Trinajstić information content (AvgIpc) is 2.68. The molecule has 1 aliphatic rings. The fourth-order valence-electron chi connectivity index (χ4n) is 3.12. The zero-order valence-corrected chi connectivity index (χ0v) is 16.4. The van der Waals surface area contributed by atoms with E-state index in [1.165, 1.54) is 29.7 Å². The van der Waals surface area contributed by atoms with Crippen molar-refractivity contribution in [1.29, 1.82) is 0 Å². The maximum Gasteiger partial charge on any atom is 0.265 e. The first-order chi connectivity index (χ1) is 13.2. The predicted molar refractivity (Wildman–Crippen MR) is 101 cm³/mol. The molecule has 2 N–H and O–H groups in total. The van der Waals surface area contributed by atoms with E-state index in [0.717, 1.165) is 0 Å². The summed E-state index contributed by atoms with van der Waals surface area (Å²) in [6, 6.07) is 14.4. The van der Waals surface area contributed by atoms with E-state index in [2.05, 4.69) is 0 Å². The number of hydroxylamine groups is 1. The molecule has 0 bridgehead atoms. The Balaban J connectivity index is 1.92. The minimum absolute atomic E-state index is 0.157. The SMILES string of the molecule is O=C(NO)C1(S(=O)(=O)c2ccc(Oc3ccccc3)cc2)CCS(=O)(=O)CC1. The molecule has 1 saturated heterocycles. The van der Waals surface area contributed by atoms with E-state index in [0.29, 0.717) is 11.5 Å². The Kier molecular flexibility index (Phi) is 5.46. The summed E-state index contributed by atoms with van der Waals surface area (Å²) in [5.41, 5.74) is 1.39. The van der Waals surface area contributed by atoms with Crippen LogP contribution in [0.1, 0.15) is 12.8 Å².